The van der Waals surface area contributed by atoms with E-state index in [9.17, 15) is 19.4 Å². The first-order valence-corrected chi connectivity index (χ1v) is 10.3. The van der Waals surface area contributed by atoms with Crippen LogP contribution in [0.3, 0.4) is 0 Å². The van der Waals surface area contributed by atoms with Crippen LogP contribution >= 0.6 is 0 Å². The maximum absolute atomic E-state index is 13.5. The second-order valence-corrected chi connectivity index (χ2v) is 8.10. The first-order chi connectivity index (χ1) is 14.7. The Morgan fingerprint density at radius 1 is 1.13 bits per heavy atom. The molecule has 0 aliphatic rings. The number of aliphatic hydroxyl groups excluding tert-OH is 2. The number of carbonyl (C=O) groups is 1. The van der Waals surface area contributed by atoms with Gasteiger partial charge in [-0.3, -0.25) is 4.79 Å². The van der Waals surface area contributed by atoms with Gasteiger partial charge in [-0.05, 0) is 48.2 Å². The molecule has 0 radical (unpaired) electrons. The monoisotopic (exact) mass is 426 g/mol. The van der Waals surface area contributed by atoms with Crippen LogP contribution < -0.4 is 0 Å². The highest BCUT2D eigenvalue weighted by Crippen LogP contribution is 2.40. The minimum absolute atomic E-state index is 0.0967. The molecule has 0 spiro atoms. The third-order valence-electron chi connectivity index (χ3n) is 5.24. The molecule has 31 heavy (non-hydrogen) atoms. The van der Waals surface area contributed by atoms with Crippen molar-refractivity contribution in [3.05, 3.63) is 65.0 Å². The van der Waals surface area contributed by atoms with Crippen molar-refractivity contribution in [3.8, 4) is 11.3 Å². The van der Waals surface area contributed by atoms with Crippen LogP contribution in [0.15, 0.2) is 46.9 Å². The summed E-state index contributed by atoms with van der Waals surface area (Å²) in [6, 6.07) is 10.1. The Morgan fingerprint density at radius 3 is 2.42 bits per heavy atom. The highest BCUT2D eigenvalue weighted by atomic mass is 19.1. The lowest BCUT2D eigenvalue weighted by molar-refractivity contribution is -0.139. The molecule has 3 N–H and O–H groups in total. The maximum Gasteiger partial charge on any atom is 0.305 e. The number of hydrogen-bond acceptors (Lipinski definition) is 4. The van der Waals surface area contributed by atoms with E-state index in [1.54, 1.807) is 18.2 Å². The second kappa shape index (κ2) is 9.45. The third kappa shape index (κ3) is 5.21. The summed E-state index contributed by atoms with van der Waals surface area (Å²) < 4.78 is 19.7. The predicted octanol–water partition coefficient (Wildman–Crippen LogP) is 5.27. The first-order valence-electron chi connectivity index (χ1n) is 10.3. The maximum atomic E-state index is 13.5. The van der Waals surface area contributed by atoms with E-state index in [-0.39, 0.29) is 18.2 Å². The Morgan fingerprint density at radius 2 is 1.81 bits per heavy atom. The molecule has 3 rings (SSSR count). The fourth-order valence-corrected chi connectivity index (χ4v) is 3.69. The average molecular weight is 426 g/mol. The molecule has 2 aromatic carbocycles. The molecular formula is C25H27FO5. The van der Waals surface area contributed by atoms with E-state index in [1.807, 2.05) is 13.0 Å². The molecule has 5 nitrogen and oxygen atoms in total. The van der Waals surface area contributed by atoms with Crippen molar-refractivity contribution in [1.82, 2.24) is 0 Å². The summed E-state index contributed by atoms with van der Waals surface area (Å²) >= 11 is 0. The zero-order valence-electron chi connectivity index (χ0n) is 17.8. The van der Waals surface area contributed by atoms with Crippen molar-refractivity contribution in [2.75, 3.05) is 0 Å². The highest BCUT2D eigenvalue weighted by Gasteiger charge is 2.20. The van der Waals surface area contributed by atoms with E-state index in [4.69, 9.17) is 9.52 Å². The molecule has 164 valence electrons. The van der Waals surface area contributed by atoms with Crippen molar-refractivity contribution in [2.24, 2.45) is 0 Å². The lowest BCUT2D eigenvalue weighted by Gasteiger charge is -2.11. The van der Waals surface area contributed by atoms with E-state index in [1.165, 1.54) is 18.2 Å². The van der Waals surface area contributed by atoms with Gasteiger partial charge in [-0.25, -0.2) is 4.39 Å². The summed E-state index contributed by atoms with van der Waals surface area (Å²) in [6.07, 6.45) is 0.538. The van der Waals surface area contributed by atoms with Crippen molar-refractivity contribution in [2.45, 2.75) is 51.7 Å². The first kappa shape index (κ1) is 22.7. The van der Waals surface area contributed by atoms with Crippen LogP contribution in [0.2, 0.25) is 0 Å². The molecule has 0 saturated carbocycles. The number of benzene rings is 2. The van der Waals surface area contributed by atoms with Crippen LogP contribution in [0, 0.1) is 12.7 Å². The molecule has 1 heterocycles. The second-order valence-electron chi connectivity index (χ2n) is 8.10. The fraction of sp³-hybridized carbons (Fsp3) is 0.320. The molecule has 1 aromatic heterocycles. The van der Waals surface area contributed by atoms with E-state index < -0.39 is 24.6 Å². The number of aryl methyl sites for hydroxylation is 1. The molecule has 0 aliphatic carbocycles. The molecule has 0 amide bonds. The number of furan rings is 1. The topological polar surface area (TPSA) is 90.9 Å². The van der Waals surface area contributed by atoms with E-state index in [2.05, 4.69) is 19.9 Å². The Labute approximate surface area is 180 Å². The molecule has 6 heteroatoms. The zero-order valence-corrected chi connectivity index (χ0v) is 17.8. The smallest absolute Gasteiger partial charge is 0.305 e. The minimum atomic E-state index is -1.15. The van der Waals surface area contributed by atoms with Gasteiger partial charge >= 0.3 is 5.97 Å². The normalized spacial score (nSPS) is 13.9. The van der Waals surface area contributed by atoms with Gasteiger partial charge in [0.15, 0.2) is 0 Å². The minimum Gasteiger partial charge on any atom is -0.481 e. The van der Waals surface area contributed by atoms with Gasteiger partial charge in [-0.2, -0.15) is 0 Å². The summed E-state index contributed by atoms with van der Waals surface area (Å²) in [7, 11) is 0. The van der Waals surface area contributed by atoms with Gasteiger partial charge in [0.05, 0.1) is 18.6 Å². The van der Waals surface area contributed by atoms with Crippen molar-refractivity contribution in [3.63, 3.8) is 0 Å². The van der Waals surface area contributed by atoms with Gasteiger partial charge in [0, 0.05) is 22.9 Å². The Balaban J connectivity index is 2.10. The molecule has 0 unspecified atom stereocenters. The lowest BCUT2D eigenvalue weighted by atomic mass is 9.93. The third-order valence-corrected chi connectivity index (χ3v) is 5.24. The van der Waals surface area contributed by atoms with Gasteiger partial charge in [-0.15, -0.1) is 0 Å². The van der Waals surface area contributed by atoms with Gasteiger partial charge in [0.25, 0.3) is 0 Å². The number of aliphatic hydroxyl groups is 2. The molecule has 3 aromatic rings. The Hall–Kier alpha value is -2.96. The van der Waals surface area contributed by atoms with Crippen molar-refractivity contribution >= 4 is 23.0 Å². The Bertz CT molecular complexity index is 1100. The summed E-state index contributed by atoms with van der Waals surface area (Å²) in [4.78, 5) is 10.7. The van der Waals surface area contributed by atoms with Crippen LogP contribution in [0.1, 0.15) is 49.3 Å². The molecule has 0 saturated heterocycles. The largest absolute Gasteiger partial charge is 0.481 e. The number of carboxylic acid groups (broad SMARTS) is 1. The van der Waals surface area contributed by atoms with Crippen LogP contribution in [-0.4, -0.2) is 33.5 Å². The van der Waals surface area contributed by atoms with Crippen molar-refractivity contribution < 1.29 is 28.9 Å². The van der Waals surface area contributed by atoms with Gasteiger partial charge < -0.3 is 19.7 Å². The van der Waals surface area contributed by atoms with Gasteiger partial charge in [0.1, 0.15) is 17.2 Å². The number of aliphatic carboxylic acids is 1. The summed E-state index contributed by atoms with van der Waals surface area (Å²) in [5, 5.41) is 29.8. The number of fused-ring (bicyclic) bond motifs is 1. The fourth-order valence-electron chi connectivity index (χ4n) is 3.69. The van der Waals surface area contributed by atoms with Gasteiger partial charge in [-0.1, -0.05) is 38.1 Å². The molecule has 0 aliphatic heterocycles. The number of carboxylic acids is 1. The standard InChI is InChI=1S/C25H27FO5/c1-14(2)20-10-4-15(3)24-23(20)21(11-9-18(27)12-19(28)13-22(29)30)25(31-24)16-5-7-17(26)8-6-16/h4-11,14,18-19,27-28H,12-13H2,1-3H3,(H,29,30)/b11-9+/t18-,19-/m1/s1. The van der Waals surface area contributed by atoms with Crippen LogP contribution in [0.25, 0.3) is 28.4 Å². The zero-order chi connectivity index (χ0) is 22.7. The number of hydrogen-bond donors (Lipinski definition) is 3. The summed E-state index contributed by atoms with van der Waals surface area (Å²) in [5.41, 5.74) is 4.22. The Kier molecular flexibility index (Phi) is 6.93. The summed E-state index contributed by atoms with van der Waals surface area (Å²) in [5.74, 6) is -0.698. The molecule has 0 bridgehead atoms. The van der Waals surface area contributed by atoms with E-state index in [0.717, 1.165) is 27.7 Å². The number of halogens is 1. The summed E-state index contributed by atoms with van der Waals surface area (Å²) in [6.45, 7) is 6.12. The van der Waals surface area contributed by atoms with Crippen LogP contribution in [-0.2, 0) is 4.79 Å². The van der Waals surface area contributed by atoms with E-state index in [0.29, 0.717) is 11.3 Å². The number of rotatable bonds is 8. The highest BCUT2D eigenvalue weighted by molar-refractivity contribution is 5.98. The molecular weight excluding hydrogens is 399 g/mol. The van der Waals surface area contributed by atoms with Crippen LogP contribution in [0.4, 0.5) is 4.39 Å². The lowest BCUT2D eigenvalue weighted by Crippen LogP contribution is -2.19. The SMILES string of the molecule is Cc1ccc(C(C)C)c2c(/C=C/[C@@H](O)C[C@@H](O)CC(=O)O)c(-c3ccc(F)cc3)oc12. The predicted molar refractivity (Wildman–Crippen MR) is 118 cm³/mol. The quantitative estimate of drug-likeness (QED) is 0.456. The van der Waals surface area contributed by atoms with Crippen LogP contribution in [0.5, 0.6) is 0 Å². The average Bonchev–Trinajstić information content (AvgIpc) is 3.06. The van der Waals surface area contributed by atoms with E-state index >= 15 is 0 Å². The molecule has 0 fully saturated rings. The van der Waals surface area contributed by atoms with Crippen molar-refractivity contribution in [1.29, 1.82) is 0 Å². The van der Waals surface area contributed by atoms with Gasteiger partial charge in [0.2, 0.25) is 0 Å². The molecule has 2 atom stereocenters.